The van der Waals surface area contributed by atoms with Crippen LogP contribution in [0.5, 0.6) is 0 Å². The van der Waals surface area contributed by atoms with Crippen LogP contribution in [0.15, 0.2) is 0 Å². The van der Waals surface area contributed by atoms with Gasteiger partial charge in [-0.2, -0.15) is 0 Å². The molecule has 0 aliphatic heterocycles. The Bertz CT molecular complexity index is 106. The predicted octanol–water partition coefficient (Wildman–Crippen LogP) is 0.977. The first-order chi connectivity index (χ1) is 3.55. The van der Waals surface area contributed by atoms with Gasteiger partial charge < -0.3 is 0 Å². The van der Waals surface area contributed by atoms with Crippen LogP contribution in [0.4, 0.5) is 0 Å². The lowest BCUT2D eigenvalue weighted by Crippen LogP contribution is -2.12. The summed E-state index contributed by atoms with van der Waals surface area (Å²) in [5, 5.41) is -0.586. The largest absolute Gasteiger partial charge is 0.299 e. The van der Waals surface area contributed by atoms with E-state index in [4.69, 9.17) is 11.6 Å². The number of halogens is 1. The monoisotopic (exact) mass is 134 g/mol. The molecule has 8 heavy (non-hydrogen) atoms. The van der Waals surface area contributed by atoms with Crippen LogP contribution in [-0.2, 0) is 9.59 Å². The van der Waals surface area contributed by atoms with Gasteiger partial charge in [-0.25, -0.2) is 0 Å². The number of carbonyl (C=O) groups is 2. The van der Waals surface area contributed by atoms with Crippen LogP contribution >= 0.6 is 11.6 Å². The number of ketones is 1. The van der Waals surface area contributed by atoms with Crippen molar-refractivity contribution in [2.45, 2.75) is 13.8 Å². The average Bonchev–Trinajstić information content (AvgIpc) is 1.64. The molecule has 0 spiro atoms. The Morgan fingerprint density at radius 1 is 1.50 bits per heavy atom. The lowest BCUT2D eigenvalue weighted by molar-refractivity contribution is -0.126. The molecule has 0 saturated carbocycles. The second-order valence-electron chi connectivity index (χ2n) is 1.64. The van der Waals surface area contributed by atoms with Crippen molar-refractivity contribution in [2.75, 3.05) is 0 Å². The number of carbonyl (C=O) groups excluding carboxylic acids is 2. The Kier molecular flexibility index (Phi) is 2.69. The summed E-state index contributed by atoms with van der Waals surface area (Å²) < 4.78 is 0. The Labute approximate surface area is 52.8 Å². The number of Topliss-reactive ketones (excluding diaryl/α,β-unsaturated/α-hetero) is 1. The van der Waals surface area contributed by atoms with Crippen LogP contribution in [0.2, 0.25) is 0 Å². The molecule has 0 unspecified atom stereocenters. The van der Waals surface area contributed by atoms with Gasteiger partial charge in [0.25, 0.3) is 0 Å². The van der Waals surface area contributed by atoms with E-state index >= 15 is 0 Å². The van der Waals surface area contributed by atoms with Gasteiger partial charge in [0, 0.05) is 0 Å². The third kappa shape index (κ3) is 2.07. The van der Waals surface area contributed by atoms with Gasteiger partial charge in [-0.3, -0.25) is 9.59 Å². The maximum absolute atomic E-state index is 10.3. The van der Waals surface area contributed by atoms with E-state index in [0.717, 1.165) is 0 Å². The Balaban J connectivity index is 3.83. The van der Waals surface area contributed by atoms with Crippen molar-refractivity contribution in [1.82, 2.24) is 0 Å². The van der Waals surface area contributed by atoms with E-state index in [1.807, 2.05) is 0 Å². The van der Waals surface area contributed by atoms with Crippen LogP contribution in [-0.4, -0.2) is 11.0 Å². The minimum atomic E-state index is -0.642. The van der Waals surface area contributed by atoms with Crippen molar-refractivity contribution in [2.24, 2.45) is 5.92 Å². The molecule has 0 heterocycles. The first kappa shape index (κ1) is 7.63. The fourth-order valence-corrected chi connectivity index (χ4v) is 0.313. The maximum Gasteiger partial charge on any atom is 0.231 e. The minimum absolute atomic E-state index is 0.190. The fourth-order valence-electron chi connectivity index (χ4n) is 0.160. The molecule has 2 nitrogen and oxygen atoms in total. The van der Waals surface area contributed by atoms with Gasteiger partial charge in [0.15, 0.2) is 0 Å². The third-order valence-corrected chi connectivity index (χ3v) is 1.28. The van der Waals surface area contributed by atoms with Gasteiger partial charge in [0.1, 0.15) is 5.78 Å². The van der Waals surface area contributed by atoms with Crippen molar-refractivity contribution in [1.29, 1.82) is 0 Å². The predicted molar refractivity (Wildman–Crippen MR) is 30.7 cm³/mol. The third-order valence-electron chi connectivity index (χ3n) is 0.950. The van der Waals surface area contributed by atoms with E-state index < -0.39 is 11.2 Å². The van der Waals surface area contributed by atoms with Crippen molar-refractivity contribution in [3.8, 4) is 0 Å². The van der Waals surface area contributed by atoms with E-state index in [9.17, 15) is 9.59 Å². The van der Waals surface area contributed by atoms with Gasteiger partial charge in [-0.1, -0.05) is 0 Å². The number of hydrogen-bond acceptors (Lipinski definition) is 2. The van der Waals surface area contributed by atoms with E-state index in [2.05, 4.69) is 0 Å². The summed E-state index contributed by atoms with van der Waals surface area (Å²) in [6.45, 7) is 2.82. The van der Waals surface area contributed by atoms with Gasteiger partial charge in [-0.15, -0.1) is 0 Å². The Morgan fingerprint density at radius 2 is 1.88 bits per heavy atom. The normalized spacial score (nSPS) is 12.9. The summed E-state index contributed by atoms with van der Waals surface area (Å²) in [5.41, 5.74) is 0. The van der Waals surface area contributed by atoms with Crippen LogP contribution in [0.25, 0.3) is 0 Å². The number of hydrogen-bond donors (Lipinski definition) is 0. The van der Waals surface area contributed by atoms with E-state index in [1.54, 1.807) is 0 Å². The highest BCUT2D eigenvalue weighted by atomic mass is 35.5. The summed E-state index contributed by atoms with van der Waals surface area (Å²) in [6.07, 6.45) is 0. The lowest BCUT2D eigenvalue weighted by Gasteiger charge is -1.95. The molecule has 0 aromatic carbocycles. The quantitative estimate of drug-likeness (QED) is 0.417. The molecule has 0 radical (unpaired) electrons. The first-order valence-electron chi connectivity index (χ1n) is 2.25. The summed E-state index contributed by atoms with van der Waals surface area (Å²) >= 11 is 4.96. The maximum atomic E-state index is 10.3. The van der Waals surface area contributed by atoms with E-state index in [1.165, 1.54) is 13.8 Å². The van der Waals surface area contributed by atoms with Crippen molar-refractivity contribution < 1.29 is 9.59 Å². The highest BCUT2D eigenvalue weighted by Gasteiger charge is 2.13. The van der Waals surface area contributed by atoms with Crippen LogP contribution in [0.1, 0.15) is 13.8 Å². The molecule has 0 rings (SSSR count). The smallest absolute Gasteiger partial charge is 0.231 e. The second-order valence-corrected chi connectivity index (χ2v) is 2.01. The highest BCUT2D eigenvalue weighted by molar-refractivity contribution is 6.65. The summed E-state index contributed by atoms with van der Waals surface area (Å²) in [4.78, 5) is 20.4. The summed E-state index contributed by atoms with van der Waals surface area (Å²) in [5.74, 6) is -0.832. The van der Waals surface area contributed by atoms with Gasteiger partial charge in [-0.05, 0) is 25.4 Å². The SMILES string of the molecule is CC(=O)[C@H](C)C(=O)Cl. The van der Waals surface area contributed by atoms with Crippen molar-refractivity contribution >= 4 is 22.6 Å². The molecule has 1 atom stereocenters. The van der Waals surface area contributed by atoms with Gasteiger partial charge in [0.2, 0.25) is 5.24 Å². The Hall–Kier alpha value is -0.370. The van der Waals surface area contributed by atoms with Crippen LogP contribution in [0.3, 0.4) is 0 Å². The summed E-state index contributed by atoms with van der Waals surface area (Å²) in [7, 11) is 0. The second kappa shape index (κ2) is 2.82. The lowest BCUT2D eigenvalue weighted by atomic mass is 10.1. The topological polar surface area (TPSA) is 34.1 Å². The molecule has 0 saturated heterocycles. The molecule has 0 aromatic heterocycles. The highest BCUT2D eigenvalue weighted by Crippen LogP contribution is 2.00. The van der Waals surface area contributed by atoms with E-state index in [0.29, 0.717) is 0 Å². The van der Waals surface area contributed by atoms with Crippen molar-refractivity contribution in [3.05, 3.63) is 0 Å². The van der Waals surface area contributed by atoms with Crippen LogP contribution < -0.4 is 0 Å². The van der Waals surface area contributed by atoms with Crippen LogP contribution in [0, 0.1) is 5.92 Å². The molecular formula is C5H7ClO2. The van der Waals surface area contributed by atoms with Gasteiger partial charge >= 0.3 is 0 Å². The number of rotatable bonds is 2. The minimum Gasteiger partial charge on any atom is -0.299 e. The zero-order valence-corrected chi connectivity index (χ0v) is 5.53. The molecule has 46 valence electrons. The molecule has 0 aliphatic carbocycles. The molecule has 3 heteroatoms. The van der Waals surface area contributed by atoms with E-state index in [-0.39, 0.29) is 5.78 Å². The average molecular weight is 135 g/mol. The molecule has 0 bridgehead atoms. The Morgan fingerprint density at radius 3 is 1.88 bits per heavy atom. The van der Waals surface area contributed by atoms with Gasteiger partial charge in [0.05, 0.1) is 5.92 Å². The first-order valence-corrected chi connectivity index (χ1v) is 2.63. The molecule has 0 N–H and O–H groups in total. The summed E-state index contributed by atoms with van der Waals surface area (Å²) in [6, 6.07) is 0. The zero-order chi connectivity index (χ0) is 6.73. The standard InChI is InChI=1S/C5H7ClO2/c1-3(4(2)7)5(6)8/h3H,1-2H3/t3-/m0/s1. The molecule has 0 amide bonds. The molecular weight excluding hydrogens is 128 g/mol. The van der Waals surface area contributed by atoms with Crippen molar-refractivity contribution in [3.63, 3.8) is 0 Å². The molecule has 0 aromatic rings. The molecule has 0 aliphatic rings. The fraction of sp³-hybridized carbons (Fsp3) is 0.600. The molecule has 0 fully saturated rings. The zero-order valence-electron chi connectivity index (χ0n) is 4.77.